The smallest absolute Gasteiger partial charge is 0.330 e. The molecule has 0 atom stereocenters. The van der Waals surface area contributed by atoms with Crippen LogP contribution in [0.15, 0.2) is 24.4 Å². The van der Waals surface area contributed by atoms with Crippen LogP contribution in [-0.2, 0) is 0 Å². The molecular formula is C12H19N5O. The number of aromatic nitrogens is 1. The molecule has 0 saturated carbocycles. The number of carbonyl (C=O) groups excluding carboxylic acids is 1. The van der Waals surface area contributed by atoms with Gasteiger partial charge in [0, 0.05) is 12.7 Å². The number of anilines is 1. The van der Waals surface area contributed by atoms with E-state index in [4.69, 9.17) is 11.1 Å². The molecule has 1 aromatic rings. The van der Waals surface area contributed by atoms with Gasteiger partial charge in [-0.15, -0.1) is 0 Å². The Morgan fingerprint density at radius 3 is 2.83 bits per heavy atom. The monoisotopic (exact) mass is 249 g/mol. The van der Waals surface area contributed by atoms with Crippen LogP contribution in [-0.4, -0.2) is 23.5 Å². The van der Waals surface area contributed by atoms with Gasteiger partial charge in [0.1, 0.15) is 5.82 Å². The number of rotatable bonds is 5. The van der Waals surface area contributed by atoms with Crippen LogP contribution in [0.25, 0.3) is 0 Å². The van der Waals surface area contributed by atoms with Crippen molar-refractivity contribution in [3.63, 3.8) is 0 Å². The maximum atomic E-state index is 11.9. The largest absolute Gasteiger partial charge is 0.369 e. The molecule has 0 fully saturated rings. The molecule has 1 heterocycles. The molecule has 0 radical (unpaired) electrons. The van der Waals surface area contributed by atoms with Gasteiger partial charge in [-0.05, 0) is 18.6 Å². The van der Waals surface area contributed by atoms with Gasteiger partial charge in [0.15, 0.2) is 0 Å². The minimum absolute atomic E-state index is 0.345. The fraction of sp³-hybridized carbons (Fsp3) is 0.417. The third-order valence-electron chi connectivity index (χ3n) is 2.38. The number of hydrogen-bond acceptors (Lipinski definition) is 3. The van der Waals surface area contributed by atoms with Crippen molar-refractivity contribution in [3.8, 4) is 0 Å². The first-order valence-electron chi connectivity index (χ1n) is 5.99. The summed E-state index contributed by atoms with van der Waals surface area (Å²) in [4.78, 5) is 17.0. The maximum absolute atomic E-state index is 11.9. The molecule has 0 spiro atoms. The molecule has 0 unspecified atom stereocenters. The normalized spacial score (nSPS) is 9.83. The van der Waals surface area contributed by atoms with Crippen molar-refractivity contribution in [3.05, 3.63) is 24.4 Å². The van der Waals surface area contributed by atoms with Crippen LogP contribution in [0.4, 0.5) is 10.6 Å². The number of nitrogens with two attached hydrogens (primary N) is 1. The van der Waals surface area contributed by atoms with Gasteiger partial charge in [0.25, 0.3) is 0 Å². The fourth-order valence-electron chi connectivity index (χ4n) is 1.47. The Bertz CT molecular complexity index is 393. The molecule has 0 saturated heterocycles. The minimum atomic E-state index is -0.419. The first-order chi connectivity index (χ1) is 8.66. The van der Waals surface area contributed by atoms with Gasteiger partial charge in [-0.25, -0.2) is 14.7 Å². The summed E-state index contributed by atoms with van der Waals surface area (Å²) in [5.74, 6) is -0.000293. The van der Waals surface area contributed by atoms with Gasteiger partial charge in [-0.3, -0.25) is 5.41 Å². The summed E-state index contributed by atoms with van der Waals surface area (Å²) in [7, 11) is 0. The molecule has 6 nitrogen and oxygen atoms in total. The SMILES string of the molecule is CCCCCNC(=O)N(C(=N)N)c1ccccn1. The van der Waals surface area contributed by atoms with E-state index in [0.717, 1.165) is 24.2 Å². The number of guanidine groups is 1. The molecule has 0 aliphatic heterocycles. The molecule has 6 heteroatoms. The summed E-state index contributed by atoms with van der Waals surface area (Å²) in [5.41, 5.74) is 5.41. The average Bonchev–Trinajstić information content (AvgIpc) is 2.36. The summed E-state index contributed by atoms with van der Waals surface area (Å²) < 4.78 is 0. The van der Waals surface area contributed by atoms with Gasteiger partial charge in [-0.1, -0.05) is 25.8 Å². The Balaban J connectivity index is 2.63. The van der Waals surface area contributed by atoms with E-state index in [1.807, 2.05) is 0 Å². The molecule has 0 aromatic carbocycles. The summed E-state index contributed by atoms with van der Waals surface area (Å²) in [6.07, 6.45) is 4.61. The number of carbonyl (C=O) groups is 1. The van der Waals surface area contributed by atoms with E-state index in [2.05, 4.69) is 17.2 Å². The lowest BCUT2D eigenvalue weighted by Gasteiger charge is -2.19. The minimum Gasteiger partial charge on any atom is -0.369 e. The third kappa shape index (κ3) is 4.04. The Morgan fingerprint density at radius 2 is 2.28 bits per heavy atom. The van der Waals surface area contributed by atoms with Crippen molar-refractivity contribution in [1.29, 1.82) is 5.41 Å². The first-order valence-corrected chi connectivity index (χ1v) is 5.99. The van der Waals surface area contributed by atoms with E-state index in [1.54, 1.807) is 24.4 Å². The average molecular weight is 249 g/mol. The van der Waals surface area contributed by atoms with Gasteiger partial charge >= 0.3 is 6.03 Å². The van der Waals surface area contributed by atoms with Crippen LogP contribution in [0, 0.1) is 5.41 Å². The van der Waals surface area contributed by atoms with E-state index in [0.29, 0.717) is 12.4 Å². The molecule has 98 valence electrons. The molecular weight excluding hydrogens is 230 g/mol. The van der Waals surface area contributed by atoms with Crippen molar-refractivity contribution in [2.75, 3.05) is 11.4 Å². The van der Waals surface area contributed by atoms with E-state index >= 15 is 0 Å². The number of pyridine rings is 1. The van der Waals surface area contributed by atoms with Crippen LogP contribution >= 0.6 is 0 Å². The third-order valence-corrected chi connectivity index (χ3v) is 2.38. The Morgan fingerprint density at radius 1 is 1.50 bits per heavy atom. The summed E-state index contributed by atoms with van der Waals surface area (Å²) in [6.45, 7) is 2.67. The Kier molecular flexibility index (Phi) is 5.63. The second-order valence-electron chi connectivity index (χ2n) is 3.85. The number of amides is 2. The molecule has 1 rings (SSSR count). The van der Waals surface area contributed by atoms with Gasteiger partial charge < -0.3 is 11.1 Å². The Labute approximate surface area is 107 Å². The lowest BCUT2D eigenvalue weighted by atomic mass is 10.2. The van der Waals surface area contributed by atoms with Crippen LogP contribution in [0.5, 0.6) is 0 Å². The van der Waals surface area contributed by atoms with Crippen molar-refractivity contribution in [2.24, 2.45) is 5.73 Å². The predicted octanol–water partition coefficient (Wildman–Crippen LogP) is 1.68. The molecule has 2 amide bonds. The number of nitrogens with one attached hydrogen (secondary N) is 2. The standard InChI is InChI=1S/C12H19N5O/c1-2-3-5-9-16-12(18)17(11(13)14)10-7-4-6-8-15-10/h4,6-8H,2-3,5,9H2,1H3,(H3,13,14)(H,16,18). The topological polar surface area (TPSA) is 95.1 Å². The molecule has 0 bridgehead atoms. The highest BCUT2D eigenvalue weighted by Crippen LogP contribution is 2.08. The van der Waals surface area contributed by atoms with E-state index in [1.165, 1.54) is 0 Å². The zero-order valence-electron chi connectivity index (χ0n) is 10.5. The maximum Gasteiger partial charge on any atom is 0.330 e. The van der Waals surface area contributed by atoms with E-state index in [-0.39, 0.29) is 5.96 Å². The van der Waals surface area contributed by atoms with Crippen LogP contribution in [0.2, 0.25) is 0 Å². The van der Waals surface area contributed by atoms with Crippen molar-refractivity contribution < 1.29 is 4.79 Å². The highest BCUT2D eigenvalue weighted by Gasteiger charge is 2.18. The molecule has 0 aliphatic rings. The number of hydrogen-bond donors (Lipinski definition) is 3. The van der Waals surface area contributed by atoms with Crippen LogP contribution in [0.3, 0.4) is 0 Å². The number of unbranched alkanes of at least 4 members (excludes halogenated alkanes) is 2. The second kappa shape index (κ2) is 7.26. The van der Waals surface area contributed by atoms with Gasteiger partial charge in [-0.2, -0.15) is 0 Å². The zero-order chi connectivity index (χ0) is 13.4. The lowest BCUT2D eigenvalue weighted by molar-refractivity contribution is 0.248. The molecule has 4 N–H and O–H groups in total. The predicted molar refractivity (Wildman–Crippen MR) is 71.6 cm³/mol. The fourth-order valence-corrected chi connectivity index (χ4v) is 1.47. The highest BCUT2D eigenvalue weighted by atomic mass is 16.2. The van der Waals surface area contributed by atoms with Crippen molar-refractivity contribution in [1.82, 2.24) is 10.3 Å². The number of urea groups is 1. The van der Waals surface area contributed by atoms with E-state index in [9.17, 15) is 4.79 Å². The zero-order valence-corrected chi connectivity index (χ0v) is 10.5. The number of nitrogens with zero attached hydrogens (tertiary/aromatic N) is 2. The molecule has 18 heavy (non-hydrogen) atoms. The molecule has 1 aromatic heterocycles. The van der Waals surface area contributed by atoms with Gasteiger partial charge in [0.05, 0.1) is 0 Å². The second-order valence-corrected chi connectivity index (χ2v) is 3.85. The highest BCUT2D eigenvalue weighted by molar-refractivity contribution is 6.13. The summed E-state index contributed by atoms with van der Waals surface area (Å²) in [5, 5.41) is 10.2. The molecule has 0 aliphatic carbocycles. The van der Waals surface area contributed by atoms with Gasteiger partial charge in [0.2, 0.25) is 5.96 Å². The first kappa shape index (κ1) is 14.0. The summed E-state index contributed by atoms with van der Waals surface area (Å²) in [6, 6.07) is 4.69. The quantitative estimate of drug-likeness (QED) is 0.421. The Hall–Kier alpha value is -2.11. The van der Waals surface area contributed by atoms with Crippen LogP contribution in [0.1, 0.15) is 26.2 Å². The van der Waals surface area contributed by atoms with Crippen molar-refractivity contribution >= 4 is 17.8 Å². The summed E-state index contributed by atoms with van der Waals surface area (Å²) >= 11 is 0. The lowest BCUT2D eigenvalue weighted by Crippen LogP contribution is -2.47. The van der Waals surface area contributed by atoms with Crippen LogP contribution < -0.4 is 16.0 Å². The van der Waals surface area contributed by atoms with Crippen molar-refractivity contribution in [2.45, 2.75) is 26.2 Å². The van der Waals surface area contributed by atoms with E-state index < -0.39 is 6.03 Å².